The quantitative estimate of drug-likeness (QED) is 0.858. The number of nitrogens with two attached hydrogens (primary N) is 1. The minimum absolute atomic E-state index is 0.100. The number of rotatable bonds is 4. The fourth-order valence-corrected chi connectivity index (χ4v) is 1.84. The van der Waals surface area contributed by atoms with Crippen LogP contribution in [-0.4, -0.2) is 6.10 Å². The van der Waals surface area contributed by atoms with Crippen LogP contribution in [0.4, 0.5) is 0 Å². The van der Waals surface area contributed by atoms with Crippen LogP contribution in [0, 0.1) is 5.41 Å². The molecule has 0 aliphatic carbocycles. The van der Waals surface area contributed by atoms with Crippen LogP contribution in [-0.2, 0) is 0 Å². The van der Waals surface area contributed by atoms with Gasteiger partial charge < -0.3 is 10.5 Å². The monoisotopic (exact) mass is 235 g/mol. The molecule has 1 unspecified atom stereocenters. The highest BCUT2D eigenvalue weighted by molar-refractivity contribution is 5.29. The number of hydrogen-bond donors (Lipinski definition) is 1. The number of benzene rings is 1. The van der Waals surface area contributed by atoms with E-state index in [1.54, 1.807) is 0 Å². The Balaban J connectivity index is 2.67. The van der Waals surface area contributed by atoms with Crippen molar-refractivity contribution in [2.45, 2.75) is 53.2 Å². The molecule has 2 N–H and O–H groups in total. The third kappa shape index (κ3) is 5.22. The molecule has 0 saturated carbocycles. The zero-order valence-corrected chi connectivity index (χ0v) is 11.7. The molecule has 17 heavy (non-hydrogen) atoms. The van der Waals surface area contributed by atoms with Crippen molar-refractivity contribution in [2.24, 2.45) is 11.1 Å². The molecule has 1 atom stereocenters. The van der Waals surface area contributed by atoms with Crippen molar-refractivity contribution in [3.63, 3.8) is 0 Å². The normalized spacial score (nSPS) is 13.8. The van der Waals surface area contributed by atoms with Gasteiger partial charge in [-0.1, -0.05) is 32.9 Å². The molecule has 0 aliphatic heterocycles. The Labute approximate surface area is 105 Å². The van der Waals surface area contributed by atoms with Crippen molar-refractivity contribution in [1.29, 1.82) is 0 Å². The van der Waals surface area contributed by atoms with E-state index < -0.39 is 0 Å². The highest BCUT2D eigenvalue weighted by Gasteiger charge is 2.16. The van der Waals surface area contributed by atoms with Crippen LogP contribution >= 0.6 is 0 Å². The summed E-state index contributed by atoms with van der Waals surface area (Å²) in [5, 5.41) is 0. The van der Waals surface area contributed by atoms with Crippen molar-refractivity contribution in [3.8, 4) is 5.75 Å². The molecule has 0 heterocycles. The van der Waals surface area contributed by atoms with Gasteiger partial charge in [0.1, 0.15) is 5.75 Å². The molecule has 0 aliphatic rings. The zero-order chi connectivity index (χ0) is 13.1. The summed E-state index contributed by atoms with van der Waals surface area (Å²) < 4.78 is 5.61. The predicted molar refractivity (Wildman–Crippen MR) is 73.2 cm³/mol. The van der Waals surface area contributed by atoms with Gasteiger partial charge in [0.25, 0.3) is 0 Å². The van der Waals surface area contributed by atoms with E-state index in [-0.39, 0.29) is 17.6 Å². The second-order valence-corrected chi connectivity index (χ2v) is 6.11. The van der Waals surface area contributed by atoms with E-state index in [1.165, 1.54) is 5.56 Å². The van der Waals surface area contributed by atoms with E-state index >= 15 is 0 Å². The standard InChI is InChI=1S/C15H25NO/c1-11(2)17-13-8-6-12(7-9-13)14(16)10-15(3,4)5/h6-9,11,14H,10,16H2,1-5H3. The maximum atomic E-state index is 6.19. The van der Waals surface area contributed by atoms with Gasteiger partial charge in [-0.05, 0) is 43.4 Å². The fraction of sp³-hybridized carbons (Fsp3) is 0.600. The molecule has 96 valence electrons. The van der Waals surface area contributed by atoms with E-state index in [2.05, 4.69) is 32.9 Å². The first kappa shape index (κ1) is 14.0. The third-order valence-corrected chi connectivity index (χ3v) is 2.51. The van der Waals surface area contributed by atoms with E-state index in [1.807, 2.05) is 26.0 Å². The smallest absolute Gasteiger partial charge is 0.119 e. The van der Waals surface area contributed by atoms with Gasteiger partial charge in [-0.3, -0.25) is 0 Å². The molecule has 0 spiro atoms. The first-order chi connectivity index (χ1) is 7.78. The molecule has 1 aromatic rings. The summed E-state index contributed by atoms with van der Waals surface area (Å²) in [7, 11) is 0. The summed E-state index contributed by atoms with van der Waals surface area (Å²) in [6, 6.07) is 8.22. The van der Waals surface area contributed by atoms with Crippen molar-refractivity contribution >= 4 is 0 Å². The Morgan fingerprint density at radius 3 is 2.06 bits per heavy atom. The van der Waals surface area contributed by atoms with Gasteiger partial charge >= 0.3 is 0 Å². The second-order valence-electron chi connectivity index (χ2n) is 6.11. The average Bonchev–Trinajstić information content (AvgIpc) is 2.15. The highest BCUT2D eigenvalue weighted by Crippen LogP contribution is 2.28. The summed E-state index contributed by atoms with van der Waals surface area (Å²) in [5.74, 6) is 0.909. The Morgan fingerprint density at radius 2 is 1.65 bits per heavy atom. The van der Waals surface area contributed by atoms with Gasteiger partial charge in [0, 0.05) is 6.04 Å². The number of ether oxygens (including phenoxy) is 1. The van der Waals surface area contributed by atoms with Crippen molar-refractivity contribution in [1.82, 2.24) is 0 Å². The van der Waals surface area contributed by atoms with Crippen LogP contribution in [0.15, 0.2) is 24.3 Å². The first-order valence-electron chi connectivity index (χ1n) is 6.30. The second kappa shape index (κ2) is 5.54. The van der Waals surface area contributed by atoms with Gasteiger partial charge in [0.15, 0.2) is 0 Å². The van der Waals surface area contributed by atoms with Crippen molar-refractivity contribution in [2.75, 3.05) is 0 Å². The lowest BCUT2D eigenvalue weighted by Gasteiger charge is -2.23. The molecule has 0 fully saturated rings. The molecule has 0 amide bonds. The zero-order valence-electron chi connectivity index (χ0n) is 11.7. The summed E-state index contributed by atoms with van der Waals surface area (Å²) in [6.45, 7) is 10.7. The lowest BCUT2D eigenvalue weighted by atomic mass is 9.86. The van der Waals surface area contributed by atoms with E-state index in [4.69, 9.17) is 10.5 Å². The van der Waals surface area contributed by atoms with Crippen LogP contribution < -0.4 is 10.5 Å². The molecule has 0 radical (unpaired) electrons. The van der Waals surface area contributed by atoms with Crippen LogP contribution in [0.1, 0.15) is 52.6 Å². The summed E-state index contributed by atoms with van der Waals surface area (Å²) in [4.78, 5) is 0. The Bertz CT molecular complexity index is 335. The summed E-state index contributed by atoms with van der Waals surface area (Å²) >= 11 is 0. The SMILES string of the molecule is CC(C)Oc1ccc(C(N)CC(C)(C)C)cc1. The van der Waals surface area contributed by atoms with Crippen LogP contribution in [0.5, 0.6) is 5.75 Å². The van der Waals surface area contributed by atoms with Gasteiger partial charge in [0.05, 0.1) is 6.10 Å². The number of hydrogen-bond acceptors (Lipinski definition) is 2. The molecular weight excluding hydrogens is 210 g/mol. The van der Waals surface area contributed by atoms with Gasteiger partial charge in [-0.2, -0.15) is 0 Å². The Kier molecular flexibility index (Phi) is 4.58. The third-order valence-electron chi connectivity index (χ3n) is 2.51. The van der Waals surface area contributed by atoms with Crippen LogP contribution in [0.3, 0.4) is 0 Å². The van der Waals surface area contributed by atoms with Crippen LogP contribution in [0.25, 0.3) is 0 Å². The van der Waals surface area contributed by atoms with E-state index in [9.17, 15) is 0 Å². The molecule has 0 saturated heterocycles. The van der Waals surface area contributed by atoms with Crippen molar-refractivity contribution in [3.05, 3.63) is 29.8 Å². The summed E-state index contributed by atoms with van der Waals surface area (Å²) in [6.07, 6.45) is 1.20. The van der Waals surface area contributed by atoms with Crippen LogP contribution in [0.2, 0.25) is 0 Å². The molecule has 2 nitrogen and oxygen atoms in total. The van der Waals surface area contributed by atoms with Gasteiger partial charge in [-0.25, -0.2) is 0 Å². The topological polar surface area (TPSA) is 35.2 Å². The van der Waals surface area contributed by atoms with Crippen molar-refractivity contribution < 1.29 is 4.74 Å². The molecule has 0 aromatic heterocycles. The largest absolute Gasteiger partial charge is 0.491 e. The Hall–Kier alpha value is -1.02. The maximum absolute atomic E-state index is 6.19. The fourth-order valence-electron chi connectivity index (χ4n) is 1.84. The molecular formula is C15H25NO. The summed E-state index contributed by atoms with van der Waals surface area (Å²) in [5.41, 5.74) is 7.62. The molecule has 1 aromatic carbocycles. The minimum atomic E-state index is 0.100. The Morgan fingerprint density at radius 1 is 1.12 bits per heavy atom. The molecule has 1 rings (SSSR count). The van der Waals surface area contributed by atoms with Gasteiger partial charge in [-0.15, -0.1) is 0 Å². The van der Waals surface area contributed by atoms with Gasteiger partial charge in [0.2, 0.25) is 0 Å². The first-order valence-corrected chi connectivity index (χ1v) is 6.30. The van der Waals surface area contributed by atoms with E-state index in [0.29, 0.717) is 0 Å². The van der Waals surface area contributed by atoms with E-state index in [0.717, 1.165) is 12.2 Å². The molecule has 0 bridgehead atoms. The minimum Gasteiger partial charge on any atom is -0.491 e. The maximum Gasteiger partial charge on any atom is 0.119 e. The highest BCUT2D eigenvalue weighted by atomic mass is 16.5. The predicted octanol–water partition coefficient (Wildman–Crippen LogP) is 3.91. The molecule has 2 heteroatoms. The lowest BCUT2D eigenvalue weighted by Crippen LogP contribution is -2.18. The lowest BCUT2D eigenvalue weighted by molar-refractivity contribution is 0.242. The average molecular weight is 235 g/mol.